The largest absolute Gasteiger partial charge is 0.490 e. The highest BCUT2D eigenvalue weighted by Gasteiger charge is 2.12. The molecule has 3 aromatic rings. The van der Waals surface area contributed by atoms with Crippen molar-refractivity contribution in [2.45, 2.75) is 40.3 Å². The van der Waals surface area contributed by atoms with E-state index in [1.165, 1.54) is 5.56 Å². The van der Waals surface area contributed by atoms with Crippen molar-refractivity contribution in [3.05, 3.63) is 68.2 Å². The number of hydrogen-bond acceptors (Lipinski definition) is 5. The van der Waals surface area contributed by atoms with Crippen LogP contribution in [-0.2, 0) is 19.6 Å². The molecule has 2 aromatic carbocycles. The van der Waals surface area contributed by atoms with Gasteiger partial charge in [-0.25, -0.2) is 4.68 Å². The first-order valence-corrected chi connectivity index (χ1v) is 10.8. The Morgan fingerprint density at radius 3 is 2.69 bits per heavy atom. The van der Waals surface area contributed by atoms with Crippen LogP contribution in [0.5, 0.6) is 11.5 Å². The van der Waals surface area contributed by atoms with Crippen LogP contribution in [-0.4, -0.2) is 21.5 Å². The van der Waals surface area contributed by atoms with Gasteiger partial charge in [0.1, 0.15) is 6.61 Å². The molecule has 0 aliphatic heterocycles. The molecule has 154 valence electrons. The third-order valence-corrected chi connectivity index (χ3v) is 5.39. The zero-order valence-corrected chi connectivity index (χ0v) is 19.2. The number of aromatic amines is 1. The molecule has 1 heterocycles. The van der Waals surface area contributed by atoms with Gasteiger partial charge in [-0.05, 0) is 49.3 Å². The number of benzene rings is 2. The molecule has 8 heteroatoms. The number of aromatic nitrogens is 3. The number of halogens is 1. The lowest BCUT2D eigenvalue weighted by Crippen LogP contribution is -2.17. The van der Waals surface area contributed by atoms with Crippen LogP contribution in [0.3, 0.4) is 0 Å². The topological polar surface area (TPSA) is 64.1 Å². The van der Waals surface area contributed by atoms with Crippen LogP contribution >= 0.6 is 28.1 Å². The molecule has 0 unspecified atom stereocenters. The lowest BCUT2D eigenvalue weighted by Gasteiger charge is -2.16. The van der Waals surface area contributed by atoms with Gasteiger partial charge in [-0.15, -0.1) is 0 Å². The number of rotatable bonds is 9. The molecule has 29 heavy (non-hydrogen) atoms. The maximum atomic E-state index is 6.06. The van der Waals surface area contributed by atoms with E-state index in [9.17, 15) is 0 Å². The normalized spacial score (nSPS) is 10.8. The van der Waals surface area contributed by atoms with Gasteiger partial charge in [0.05, 0.1) is 13.2 Å². The summed E-state index contributed by atoms with van der Waals surface area (Å²) in [5.41, 5.74) is 6.68. The van der Waals surface area contributed by atoms with Crippen molar-refractivity contribution in [3.8, 4) is 11.5 Å². The number of hydrogen-bond donors (Lipinski definition) is 2. The Hall–Kier alpha value is -2.32. The fourth-order valence-corrected chi connectivity index (χ4v) is 3.63. The van der Waals surface area contributed by atoms with Crippen molar-refractivity contribution in [1.82, 2.24) is 14.9 Å². The molecule has 6 nitrogen and oxygen atoms in total. The summed E-state index contributed by atoms with van der Waals surface area (Å²) in [5, 5.41) is 7.03. The van der Waals surface area contributed by atoms with Gasteiger partial charge in [0.25, 0.3) is 0 Å². The van der Waals surface area contributed by atoms with E-state index in [2.05, 4.69) is 56.7 Å². The molecule has 0 spiro atoms. The van der Waals surface area contributed by atoms with Crippen LogP contribution in [0.4, 0.5) is 0 Å². The van der Waals surface area contributed by atoms with Crippen molar-refractivity contribution in [2.24, 2.45) is 0 Å². The van der Waals surface area contributed by atoms with Crippen molar-refractivity contribution >= 4 is 28.1 Å². The van der Waals surface area contributed by atoms with E-state index in [0.29, 0.717) is 36.0 Å². The summed E-state index contributed by atoms with van der Waals surface area (Å²) in [4.78, 5) is 0. The molecule has 0 saturated carbocycles. The van der Waals surface area contributed by atoms with Gasteiger partial charge in [-0.1, -0.05) is 52.7 Å². The van der Waals surface area contributed by atoms with E-state index in [-0.39, 0.29) is 0 Å². The van der Waals surface area contributed by atoms with Gasteiger partial charge in [0.2, 0.25) is 4.77 Å². The van der Waals surface area contributed by atoms with E-state index in [4.69, 9.17) is 21.7 Å². The molecule has 0 amide bonds. The smallest absolute Gasteiger partial charge is 0.214 e. The minimum absolute atomic E-state index is 0.482. The van der Waals surface area contributed by atoms with Crippen molar-refractivity contribution < 1.29 is 9.47 Å². The Morgan fingerprint density at radius 1 is 1.17 bits per heavy atom. The fourth-order valence-electron chi connectivity index (χ4n) is 2.95. The lowest BCUT2D eigenvalue weighted by atomic mass is 10.1. The number of nitrogens with zero attached hydrogens (tertiary/aromatic N) is 2. The van der Waals surface area contributed by atoms with Gasteiger partial charge in [-0.2, -0.15) is 5.10 Å². The number of H-pyrrole nitrogens is 1. The number of aryl methyl sites for hydroxylation is 2. The second-order valence-electron chi connectivity index (χ2n) is 6.57. The fraction of sp³-hybridized carbons (Fsp3) is 0.333. The summed E-state index contributed by atoms with van der Waals surface area (Å²) in [5.74, 6) is 2.28. The summed E-state index contributed by atoms with van der Waals surface area (Å²) in [6.45, 7) is 7.66. The minimum Gasteiger partial charge on any atom is -0.490 e. The molecule has 0 radical (unpaired) electrons. The van der Waals surface area contributed by atoms with Crippen LogP contribution in [0, 0.1) is 11.7 Å². The van der Waals surface area contributed by atoms with Crippen LogP contribution in [0.15, 0.2) is 40.9 Å². The molecule has 0 bridgehead atoms. The molecule has 0 fully saturated rings. The standard InChI is InChI=1S/C21H25BrN4O2S/c1-4-20-24-25-21(29)26(20)23-12-16-10-18(27-5-2)19(11-17(16)22)28-13-15-8-6-7-14(3)9-15/h6-11,23H,4-5,12-13H2,1-3H3,(H,25,29). The molecule has 1 aromatic heterocycles. The molecule has 0 saturated heterocycles. The maximum absolute atomic E-state index is 6.06. The van der Waals surface area contributed by atoms with Crippen molar-refractivity contribution in [3.63, 3.8) is 0 Å². The van der Waals surface area contributed by atoms with Gasteiger partial charge < -0.3 is 14.9 Å². The quantitative estimate of drug-likeness (QED) is 0.410. The van der Waals surface area contributed by atoms with E-state index in [0.717, 1.165) is 27.8 Å². The summed E-state index contributed by atoms with van der Waals surface area (Å²) in [6, 6.07) is 12.2. The second-order valence-corrected chi connectivity index (χ2v) is 7.81. The van der Waals surface area contributed by atoms with Gasteiger partial charge >= 0.3 is 0 Å². The summed E-state index contributed by atoms with van der Waals surface area (Å²) in [6.07, 6.45) is 0.775. The molecule has 2 N–H and O–H groups in total. The summed E-state index contributed by atoms with van der Waals surface area (Å²) < 4.78 is 15.2. The average molecular weight is 477 g/mol. The predicted octanol–water partition coefficient (Wildman–Crippen LogP) is 5.30. The monoisotopic (exact) mass is 476 g/mol. The van der Waals surface area contributed by atoms with Crippen LogP contribution in [0.2, 0.25) is 0 Å². The van der Waals surface area contributed by atoms with Crippen molar-refractivity contribution in [1.29, 1.82) is 0 Å². The van der Waals surface area contributed by atoms with Crippen LogP contribution in [0.1, 0.15) is 36.4 Å². The number of nitrogens with one attached hydrogen (secondary N) is 2. The third-order valence-electron chi connectivity index (χ3n) is 4.38. The zero-order valence-electron chi connectivity index (χ0n) is 16.8. The summed E-state index contributed by atoms with van der Waals surface area (Å²) >= 11 is 8.95. The molecule has 0 atom stereocenters. The molecular weight excluding hydrogens is 452 g/mol. The van der Waals surface area contributed by atoms with E-state index < -0.39 is 0 Å². The second kappa shape index (κ2) is 9.93. The van der Waals surface area contributed by atoms with E-state index >= 15 is 0 Å². The minimum atomic E-state index is 0.482. The Kier molecular flexibility index (Phi) is 7.33. The molecule has 0 aliphatic rings. The van der Waals surface area contributed by atoms with Crippen LogP contribution < -0.4 is 14.9 Å². The Balaban J connectivity index is 1.78. The average Bonchev–Trinajstić information content (AvgIpc) is 3.06. The van der Waals surface area contributed by atoms with Gasteiger partial charge in [0, 0.05) is 10.9 Å². The van der Waals surface area contributed by atoms with Gasteiger partial charge in [-0.3, -0.25) is 5.10 Å². The zero-order chi connectivity index (χ0) is 20.8. The highest BCUT2D eigenvalue weighted by atomic mass is 79.9. The van der Waals surface area contributed by atoms with Gasteiger partial charge in [0.15, 0.2) is 17.3 Å². The third kappa shape index (κ3) is 5.39. The Morgan fingerprint density at radius 2 is 1.97 bits per heavy atom. The lowest BCUT2D eigenvalue weighted by molar-refractivity contribution is 0.269. The first-order valence-electron chi connectivity index (χ1n) is 9.55. The first kappa shape index (κ1) is 21.4. The maximum Gasteiger partial charge on any atom is 0.214 e. The summed E-state index contributed by atoms with van der Waals surface area (Å²) in [7, 11) is 0. The highest BCUT2D eigenvalue weighted by Crippen LogP contribution is 2.34. The van der Waals surface area contributed by atoms with E-state index in [1.54, 1.807) is 4.68 Å². The number of ether oxygens (including phenoxy) is 2. The highest BCUT2D eigenvalue weighted by molar-refractivity contribution is 9.10. The van der Waals surface area contributed by atoms with E-state index in [1.807, 2.05) is 32.0 Å². The first-order chi connectivity index (χ1) is 14.0. The Labute approximate surface area is 184 Å². The van der Waals surface area contributed by atoms with Crippen molar-refractivity contribution in [2.75, 3.05) is 12.0 Å². The molecule has 3 rings (SSSR count). The predicted molar refractivity (Wildman–Crippen MR) is 121 cm³/mol. The molecule has 0 aliphatic carbocycles. The SMILES string of the molecule is CCOc1cc(CNn2c(CC)n[nH]c2=S)c(Br)cc1OCc1cccc(C)c1. The Bertz CT molecular complexity index is 1030. The van der Waals surface area contributed by atoms with Crippen LogP contribution in [0.25, 0.3) is 0 Å². The molecular formula is C21H25BrN4O2S.